The molecule has 126 valence electrons. The molecule has 2 N–H and O–H groups in total. The normalized spacial score (nSPS) is 14.6. The van der Waals surface area contributed by atoms with Crippen LogP contribution in [-0.4, -0.2) is 6.03 Å². The molecule has 0 radical (unpaired) electrons. The summed E-state index contributed by atoms with van der Waals surface area (Å²) in [5.74, 6) is 0. The second kappa shape index (κ2) is 8.01. The third-order valence-corrected chi connectivity index (χ3v) is 5.55. The number of halogens is 1. The molecule has 1 aliphatic rings. The van der Waals surface area contributed by atoms with E-state index < -0.39 is 0 Å². The number of hydrogen-bond acceptors (Lipinski definition) is 1. The molecular formula is C20H23IN2O. The van der Waals surface area contributed by atoms with Gasteiger partial charge in [0.25, 0.3) is 0 Å². The first-order valence-corrected chi connectivity index (χ1v) is 9.69. The molecule has 24 heavy (non-hydrogen) atoms. The van der Waals surface area contributed by atoms with E-state index >= 15 is 0 Å². The SMILES string of the molecule is CCC(NC(=O)Nc1ccccc1I)c1ccc2c(c1)CCCC2. The number of urea groups is 1. The summed E-state index contributed by atoms with van der Waals surface area (Å²) in [5, 5.41) is 6.06. The van der Waals surface area contributed by atoms with Crippen LogP contribution in [0.25, 0.3) is 0 Å². The van der Waals surface area contributed by atoms with Crippen LogP contribution in [0.5, 0.6) is 0 Å². The van der Waals surface area contributed by atoms with E-state index in [9.17, 15) is 4.79 Å². The maximum Gasteiger partial charge on any atom is 0.319 e. The Bertz CT molecular complexity index is 729. The number of rotatable bonds is 4. The Kier molecular flexibility index (Phi) is 5.76. The predicted octanol–water partition coefficient (Wildman–Crippen LogP) is 5.44. The first kappa shape index (κ1) is 17.3. The number of para-hydroxylation sites is 1. The molecule has 0 aromatic heterocycles. The van der Waals surface area contributed by atoms with Gasteiger partial charge in [0.2, 0.25) is 0 Å². The van der Waals surface area contributed by atoms with Crippen molar-refractivity contribution >= 4 is 34.3 Å². The van der Waals surface area contributed by atoms with Gasteiger partial charge < -0.3 is 10.6 Å². The van der Waals surface area contributed by atoms with Gasteiger partial charge in [-0.1, -0.05) is 37.3 Å². The number of anilines is 1. The van der Waals surface area contributed by atoms with Gasteiger partial charge in [-0.15, -0.1) is 0 Å². The fraction of sp³-hybridized carbons (Fsp3) is 0.350. The minimum Gasteiger partial charge on any atom is -0.331 e. The molecule has 0 spiro atoms. The van der Waals surface area contributed by atoms with Crippen molar-refractivity contribution in [1.29, 1.82) is 0 Å². The summed E-state index contributed by atoms with van der Waals surface area (Å²) in [6, 6.07) is 14.4. The Labute approximate surface area is 157 Å². The predicted molar refractivity (Wildman–Crippen MR) is 107 cm³/mol. The highest BCUT2D eigenvalue weighted by Gasteiger charge is 2.16. The van der Waals surface area contributed by atoms with Crippen LogP contribution in [0.2, 0.25) is 0 Å². The highest BCUT2D eigenvalue weighted by atomic mass is 127. The minimum atomic E-state index is -0.149. The molecule has 0 saturated carbocycles. The van der Waals surface area contributed by atoms with Crippen LogP contribution >= 0.6 is 22.6 Å². The molecule has 3 nitrogen and oxygen atoms in total. The van der Waals surface area contributed by atoms with Crippen molar-refractivity contribution in [2.24, 2.45) is 0 Å². The third-order valence-electron chi connectivity index (χ3n) is 4.61. The highest BCUT2D eigenvalue weighted by molar-refractivity contribution is 14.1. The summed E-state index contributed by atoms with van der Waals surface area (Å²) in [4.78, 5) is 12.4. The van der Waals surface area contributed by atoms with Gasteiger partial charge in [-0.05, 0) is 83.5 Å². The van der Waals surface area contributed by atoms with Gasteiger partial charge in [0.05, 0.1) is 11.7 Å². The maximum absolute atomic E-state index is 12.4. The van der Waals surface area contributed by atoms with Crippen LogP contribution in [-0.2, 0) is 12.8 Å². The van der Waals surface area contributed by atoms with E-state index in [0.29, 0.717) is 0 Å². The molecule has 0 aliphatic heterocycles. The monoisotopic (exact) mass is 434 g/mol. The first-order valence-electron chi connectivity index (χ1n) is 8.61. The summed E-state index contributed by atoms with van der Waals surface area (Å²) in [6.07, 6.45) is 5.78. The zero-order valence-electron chi connectivity index (χ0n) is 13.9. The zero-order valence-corrected chi connectivity index (χ0v) is 16.1. The number of amides is 2. The average Bonchev–Trinajstić information content (AvgIpc) is 2.61. The Hall–Kier alpha value is -1.56. The molecule has 0 bridgehead atoms. The van der Waals surface area contributed by atoms with Crippen molar-refractivity contribution in [1.82, 2.24) is 5.32 Å². The number of benzene rings is 2. The summed E-state index contributed by atoms with van der Waals surface area (Å²) in [5.41, 5.74) is 4.98. The first-order chi connectivity index (χ1) is 11.7. The van der Waals surface area contributed by atoms with Crippen LogP contribution in [0.15, 0.2) is 42.5 Å². The Balaban J connectivity index is 1.70. The van der Waals surface area contributed by atoms with Crippen molar-refractivity contribution in [2.75, 3.05) is 5.32 Å². The number of nitrogens with one attached hydrogen (secondary N) is 2. The molecule has 1 atom stereocenters. The van der Waals surface area contributed by atoms with E-state index in [1.165, 1.54) is 36.0 Å². The highest BCUT2D eigenvalue weighted by Crippen LogP contribution is 2.26. The lowest BCUT2D eigenvalue weighted by atomic mass is 9.89. The maximum atomic E-state index is 12.4. The average molecular weight is 434 g/mol. The number of carbonyl (C=O) groups excluding carboxylic acids is 1. The molecule has 0 saturated heterocycles. The molecule has 3 rings (SSSR count). The smallest absolute Gasteiger partial charge is 0.319 e. The van der Waals surface area contributed by atoms with Crippen LogP contribution in [0.4, 0.5) is 10.5 Å². The number of hydrogen-bond donors (Lipinski definition) is 2. The van der Waals surface area contributed by atoms with Crippen molar-refractivity contribution in [3.63, 3.8) is 0 Å². The lowest BCUT2D eigenvalue weighted by Crippen LogP contribution is -2.32. The summed E-state index contributed by atoms with van der Waals surface area (Å²) in [7, 11) is 0. The van der Waals surface area contributed by atoms with Crippen LogP contribution in [0.3, 0.4) is 0 Å². The van der Waals surface area contributed by atoms with Gasteiger partial charge in [0.1, 0.15) is 0 Å². The minimum absolute atomic E-state index is 0.0404. The van der Waals surface area contributed by atoms with E-state index in [-0.39, 0.29) is 12.1 Å². The van der Waals surface area contributed by atoms with Gasteiger partial charge in [-0.25, -0.2) is 4.79 Å². The topological polar surface area (TPSA) is 41.1 Å². The number of fused-ring (bicyclic) bond motifs is 1. The summed E-state index contributed by atoms with van der Waals surface area (Å²) in [6.45, 7) is 2.11. The molecule has 0 fully saturated rings. The van der Waals surface area contributed by atoms with E-state index in [0.717, 1.165) is 22.1 Å². The number of aryl methyl sites for hydroxylation is 2. The largest absolute Gasteiger partial charge is 0.331 e. The van der Waals surface area contributed by atoms with Crippen molar-refractivity contribution < 1.29 is 4.79 Å². The van der Waals surface area contributed by atoms with Gasteiger partial charge in [-0.2, -0.15) is 0 Å². The Morgan fingerprint density at radius 2 is 1.88 bits per heavy atom. The van der Waals surface area contributed by atoms with Crippen LogP contribution in [0, 0.1) is 3.57 Å². The van der Waals surface area contributed by atoms with Crippen molar-refractivity contribution in [2.45, 2.75) is 45.1 Å². The zero-order chi connectivity index (χ0) is 16.9. The molecular weight excluding hydrogens is 411 g/mol. The van der Waals surface area contributed by atoms with E-state index in [4.69, 9.17) is 0 Å². The quantitative estimate of drug-likeness (QED) is 0.618. The fourth-order valence-electron chi connectivity index (χ4n) is 3.27. The summed E-state index contributed by atoms with van der Waals surface area (Å²) < 4.78 is 1.03. The lowest BCUT2D eigenvalue weighted by Gasteiger charge is -2.22. The molecule has 0 heterocycles. The molecule has 1 aliphatic carbocycles. The van der Waals surface area contributed by atoms with Gasteiger partial charge >= 0.3 is 6.03 Å². The van der Waals surface area contributed by atoms with E-state index in [2.05, 4.69) is 58.3 Å². The van der Waals surface area contributed by atoms with Gasteiger partial charge in [0, 0.05) is 3.57 Å². The lowest BCUT2D eigenvalue weighted by molar-refractivity contribution is 0.248. The third kappa shape index (κ3) is 4.09. The van der Waals surface area contributed by atoms with Gasteiger partial charge in [-0.3, -0.25) is 0 Å². The number of carbonyl (C=O) groups is 1. The van der Waals surface area contributed by atoms with E-state index in [1.807, 2.05) is 24.3 Å². The molecule has 4 heteroatoms. The van der Waals surface area contributed by atoms with E-state index in [1.54, 1.807) is 0 Å². The van der Waals surface area contributed by atoms with Crippen molar-refractivity contribution in [3.05, 3.63) is 62.7 Å². The van der Waals surface area contributed by atoms with Crippen LogP contribution < -0.4 is 10.6 Å². The molecule has 1 unspecified atom stereocenters. The van der Waals surface area contributed by atoms with Crippen molar-refractivity contribution in [3.8, 4) is 0 Å². The molecule has 2 aromatic rings. The Morgan fingerprint density at radius 1 is 1.12 bits per heavy atom. The fourth-order valence-corrected chi connectivity index (χ4v) is 3.79. The molecule has 2 aromatic carbocycles. The second-order valence-corrected chi connectivity index (χ2v) is 7.44. The Morgan fingerprint density at radius 3 is 2.62 bits per heavy atom. The molecule has 2 amide bonds. The summed E-state index contributed by atoms with van der Waals surface area (Å²) >= 11 is 2.23. The standard InChI is InChI=1S/C20H23IN2O/c1-2-18(16-12-11-14-7-3-4-8-15(14)13-16)22-20(24)23-19-10-6-5-9-17(19)21/h5-6,9-13,18H,2-4,7-8H2,1H3,(H2,22,23,24). The van der Waals surface area contributed by atoms with Crippen LogP contribution in [0.1, 0.15) is 48.9 Å². The second-order valence-electron chi connectivity index (χ2n) is 6.27. The van der Waals surface area contributed by atoms with Gasteiger partial charge in [0.15, 0.2) is 0 Å².